The van der Waals surface area contributed by atoms with Gasteiger partial charge in [0.1, 0.15) is 12.4 Å². The Hall–Kier alpha value is -1.84. The van der Waals surface area contributed by atoms with E-state index in [-0.39, 0.29) is 0 Å². The van der Waals surface area contributed by atoms with Gasteiger partial charge in [0.2, 0.25) is 0 Å². The minimum absolute atomic E-state index is 0.533. The Labute approximate surface area is 120 Å². The van der Waals surface area contributed by atoms with Crippen molar-refractivity contribution in [3.05, 3.63) is 65.7 Å². The van der Waals surface area contributed by atoms with Crippen molar-refractivity contribution in [1.82, 2.24) is 0 Å². The Bertz CT molecular complexity index is 499. The lowest BCUT2D eigenvalue weighted by molar-refractivity contribution is 0.102. The van der Waals surface area contributed by atoms with E-state index < -0.39 is 0 Å². The lowest BCUT2D eigenvalue weighted by Gasteiger charge is -2.08. The average Bonchev–Trinajstić information content (AvgIpc) is 2.52. The normalized spacial score (nSPS) is 10.4. The van der Waals surface area contributed by atoms with Crippen molar-refractivity contribution in [3.63, 3.8) is 0 Å². The molecule has 0 saturated carbocycles. The number of hydrogen-bond acceptors (Lipinski definition) is 3. The van der Waals surface area contributed by atoms with Crippen LogP contribution in [-0.2, 0) is 17.7 Å². The van der Waals surface area contributed by atoms with Gasteiger partial charge in [-0.3, -0.25) is 0 Å². The van der Waals surface area contributed by atoms with Gasteiger partial charge in [0.15, 0.2) is 0 Å². The summed E-state index contributed by atoms with van der Waals surface area (Å²) >= 11 is 0. The van der Waals surface area contributed by atoms with Crippen LogP contribution in [-0.4, -0.2) is 19.8 Å². The summed E-state index contributed by atoms with van der Waals surface area (Å²) in [6.07, 6.45) is 0.934. The Morgan fingerprint density at radius 2 is 1.60 bits per heavy atom. The molecule has 2 rings (SSSR count). The molecule has 0 unspecified atom stereocenters. The summed E-state index contributed by atoms with van der Waals surface area (Å²) in [7, 11) is 0. The highest BCUT2D eigenvalue weighted by molar-refractivity contribution is 5.28. The minimum atomic E-state index is 0.533. The van der Waals surface area contributed by atoms with Gasteiger partial charge in [-0.1, -0.05) is 42.5 Å². The SMILES string of the molecule is NCc1cccc(OCCOCCc2ccccc2)c1. The zero-order valence-corrected chi connectivity index (χ0v) is 11.6. The van der Waals surface area contributed by atoms with Crippen LogP contribution < -0.4 is 10.5 Å². The smallest absolute Gasteiger partial charge is 0.119 e. The number of nitrogens with two attached hydrogens (primary N) is 1. The zero-order chi connectivity index (χ0) is 14.0. The number of benzene rings is 2. The highest BCUT2D eigenvalue weighted by Crippen LogP contribution is 2.12. The van der Waals surface area contributed by atoms with Gasteiger partial charge < -0.3 is 15.2 Å². The third-order valence-electron chi connectivity index (χ3n) is 3.01. The first kappa shape index (κ1) is 14.6. The van der Waals surface area contributed by atoms with E-state index in [1.807, 2.05) is 42.5 Å². The van der Waals surface area contributed by atoms with Crippen molar-refractivity contribution in [2.75, 3.05) is 19.8 Å². The van der Waals surface area contributed by atoms with Crippen molar-refractivity contribution in [1.29, 1.82) is 0 Å². The first-order valence-corrected chi connectivity index (χ1v) is 6.92. The molecule has 0 spiro atoms. The quantitative estimate of drug-likeness (QED) is 0.751. The van der Waals surface area contributed by atoms with Crippen LogP contribution in [0.2, 0.25) is 0 Å². The maximum Gasteiger partial charge on any atom is 0.119 e. The van der Waals surface area contributed by atoms with E-state index >= 15 is 0 Å². The monoisotopic (exact) mass is 271 g/mol. The summed E-state index contributed by atoms with van der Waals surface area (Å²) in [5.74, 6) is 0.847. The second-order valence-corrected chi connectivity index (χ2v) is 4.55. The molecule has 0 fully saturated rings. The van der Waals surface area contributed by atoms with Crippen molar-refractivity contribution in [3.8, 4) is 5.75 Å². The van der Waals surface area contributed by atoms with Gasteiger partial charge in [0.05, 0.1) is 13.2 Å². The molecule has 0 bridgehead atoms. The third kappa shape index (κ3) is 5.03. The largest absolute Gasteiger partial charge is 0.491 e. The first-order chi connectivity index (χ1) is 9.88. The molecule has 0 aliphatic carbocycles. The zero-order valence-electron chi connectivity index (χ0n) is 11.6. The van der Waals surface area contributed by atoms with Gasteiger partial charge in [-0.15, -0.1) is 0 Å². The van der Waals surface area contributed by atoms with Crippen LogP contribution in [0.1, 0.15) is 11.1 Å². The van der Waals surface area contributed by atoms with Gasteiger partial charge >= 0.3 is 0 Å². The van der Waals surface area contributed by atoms with Crippen molar-refractivity contribution in [2.24, 2.45) is 5.73 Å². The Morgan fingerprint density at radius 1 is 0.800 bits per heavy atom. The number of ether oxygens (including phenoxy) is 2. The molecule has 2 N–H and O–H groups in total. The highest BCUT2D eigenvalue weighted by Gasteiger charge is 1.96. The lowest BCUT2D eigenvalue weighted by atomic mass is 10.2. The van der Waals surface area contributed by atoms with E-state index in [1.54, 1.807) is 0 Å². The minimum Gasteiger partial charge on any atom is -0.491 e. The molecule has 2 aromatic rings. The second kappa shape index (κ2) is 8.35. The Balaban J connectivity index is 1.59. The molecule has 0 atom stereocenters. The summed E-state index contributed by atoms with van der Waals surface area (Å²) in [6, 6.07) is 18.2. The predicted octanol–water partition coefficient (Wildman–Crippen LogP) is 2.78. The first-order valence-electron chi connectivity index (χ1n) is 6.92. The van der Waals surface area contributed by atoms with Crippen molar-refractivity contribution >= 4 is 0 Å². The molecule has 0 aliphatic heterocycles. The van der Waals surface area contributed by atoms with E-state index in [0.717, 1.165) is 24.3 Å². The van der Waals surface area contributed by atoms with Gasteiger partial charge in [-0.2, -0.15) is 0 Å². The summed E-state index contributed by atoms with van der Waals surface area (Å²) in [6.45, 7) is 2.41. The molecule has 0 saturated heterocycles. The Morgan fingerprint density at radius 3 is 2.40 bits per heavy atom. The molecule has 0 aliphatic rings. The van der Waals surface area contributed by atoms with Gasteiger partial charge in [0.25, 0.3) is 0 Å². The summed E-state index contributed by atoms with van der Waals surface area (Å²) < 4.78 is 11.2. The molecular weight excluding hydrogens is 250 g/mol. The summed E-state index contributed by atoms with van der Waals surface area (Å²) in [4.78, 5) is 0. The molecule has 0 radical (unpaired) electrons. The Kier molecular flexibility index (Phi) is 6.08. The van der Waals surface area contributed by atoms with E-state index in [9.17, 15) is 0 Å². The fourth-order valence-electron chi connectivity index (χ4n) is 1.92. The topological polar surface area (TPSA) is 44.5 Å². The van der Waals surface area contributed by atoms with Crippen LogP contribution in [0, 0.1) is 0 Å². The van der Waals surface area contributed by atoms with Crippen LogP contribution in [0.3, 0.4) is 0 Å². The molecule has 20 heavy (non-hydrogen) atoms. The fourth-order valence-corrected chi connectivity index (χ4v) is 1.92. The fraction of sp³-hybridized carbons (Fsp3) is 0.294. The van der Waals surface area contributed by atoms with Gasteiger partial charge in [-0.25, -0.2) is 0 Å². The summed E-state index contributed by atoms with van der Waals surface area (Å²) in [5, 5.41) is 0. The maximum atomic E-state index is 5.62. The van der Waals surface area contributed by atoms with E-state index in [2.05, 4.69) is 12.1 Å². The molecule has 0 amide bonds. The molecule has 3 heteroatoms. The van der Waals surface area contributed by atoms with Crippen molar-refractivity contribution in [2.45, 2.75) is 13.0 Å². The van der Waals surface area contributed by atoms with E-state index in [1.165, 1.54) is 5.56 Å². The highest BCUT2D eigenvalue weighted by atomic mass is 16.5. The lowest BCUT2D eigenvalue weighted by Crippen LogP contribution is -2.09. The molecular formula is C17H21NO2. The number of hydrogen-bond donors (Lipinski definition) is 1. The van der Waals surface area contributed by atoms with E-state index in [4.69, 9.17) is 15.2 Å². The molecule has 2 aromatic carbocycles. The van der Waals surface area contributed by atoms with Crippen LogP contribution in [0.25, 0.3) is 0 Å². The van der Waals surface area contributed by atoms with Gasteiger partial charge in [0, 0.05) is 6.54 Å². The van der Waals surface area contributed by atoms with Crippen molar-refractivity contribution < 1.29 is 9.47 Å². The van der Waals surface area contributed by atoms with E-state index in [0.29, 0.717) is 19.8 Å². The molecule has 3 nitrogen and oxygen atoms in total. The maximum absolute atomic E-state index is 5.62. The second-order valence-electron chi connectivity index (χ2n) is 4.55. The third-order valence-corrected chi connectivity index (χ3v) is 3.01. The standard InChI is InChI=1S/C17H21NO2/c18-14-16-7-4-8-17(13-16)20-12-11-19-10-9-15-5-2-1-3-6-15/h1-8,13H,9-12,14,18H2. The summed E-state index contributed by atoms with van der Waals surface area (Å²) in [5.41, 5.74) is 7.96. The van der Waals surface area contributed by atoms with Crippen LogP contribution >= 0.6 is 0 Å². The molecule has 106 valence electrons. The molecule has 0 aromatic heterocycles. The average molecular weight is 271 g/mol. The molecule has 0 heterocycles. The van der Waals surface area contributed by atoms with Crippen LogP contribution in [0.5, 0.6) is 5.75 Å². The predicted molar refractivity (Wildman–Crippen MR) is 80.8 cm³/mol. The van der Waals surface area contributed by atoms with Crippen LogP contribution in [0.15, 0.2) is 54.6 Å². The van der Waals surface area contributed by atoms with Gasteiger partial charge in [-0.05, 0) is 29.7 Å². The van der Waals surface area contributed by atoms with Crippen LogP contribution in [0.4, 0.5) is 0 Å². The number of rotatable bonds is 8.